The number of hydrogen-bond acceptors (Lipinski definition) is 3. The number of carbonyl (C=O) groups excluding carboxylic acids is 2. The number of unbranched alkanes of at least 4 members (excludes halogenated alkanes) is 3. The molecule has 19 heavy (non-hydrogen) atoms. The van der Waals surface area contributed by atoms with Crippen molar-refractivity contribution in [2.24, 2.45) is 5.73 Å². The van der Waals surface area contributed by atoms with Crippen LogP contribution in [0.2, 0.25) is 0 Å². The zero-order valence-corrected chi connectivity index (χ0v) is 11.4. The van der Waals surface area contributed by atoms with Crippen LogP contribution >= 0.6 is 0 Å². The maximum Gasteiger partial charge on any atom is 0.224 e. The van der Waals surface area contributed by atoms with Crippen LogP contribution in [0.3, 0.4) is 0 Å². The summed E-state index contributed by atoms with van der Waals surface area (Å²) in [6, 6.07) is 7.01. The van der Waals surface area contributed by atoms with Crippen molar-refractivity contribution in [1.82, 2.24) is 0 Å². The predicted molar refractivity (Wildman–Crippen MR) is 77.2 cm³/mol. The number of ketones is 1. The molecule has 1 aromatic rings. The lowest BCUT2D eigenvalue weighted by atomic mass is 10.1. The van der Waals surface area contributed by atoms with E-state index >= 15 is 0 Å². The molecule has 4 nitrogen and oxygen atoms in total. The van der Waals surface area contributed by atoms with Gasteiger partial charge >= 0.3 is 0 Å². The number of amides is 1. The first-order chi connectivity index (χ1) is 9.13. The summed E-state index contributed by atoms with van der Waals surface area (Å²) in [5.41, 5.74) is 6.70. The van der Waals surface area contributed by atoms with Gasteiger partial charge in [-0.25, -0.2) is 0 Å². The topological polar surface area (TPSA) is 72.2 Å². The Morgan fingerprint density at radius 3 is 2.58 bits per heavy atom. The van der Waals surface area contributed by atoms with E-state index in [4.69, 9.17) is 5.73 Å². The first kappa shape index (κ1) is 15.4. The maximum absolute atomic E-state index is 11.7. The van der Waals surface area contributed by atoms with Crippen molar-refractivity contribution in [1.29, 1.82) is 0 Å². The van der Waals surface area contributed by atoms with E-state index in [1.54, 1.807) is 24.3 Å². The molecule has 0 fully saturated rings. The second-order valence-electron chi connectivity index (χ2n) is 4.64. The molecule has 4 heteroatoms. The van der Waals surface area contributed by atoms with Crippen molar-refractivity contribution in [3.8, 4) is 0 Å². The Bertz CT molecular complexity index is 430. The van der Waals surface area contributed by atoms with E-state index in [9.17, 15) is 9.59 Å². The van der Waals surface area contributed by atoms with Crippen LogP contribution in [0, 0.1) is 0 Å². The highest BCUT2D eigenvalue weighted by atomic mass is 16.1. The van der Waals surface area contributed by atoms with E-state index in [1.165, 1.54) is 6.92 Å². The Kier molecular flexibility index (Phi) is 6.82. The number of Topliss-reactive ketones (excluding diaryl/α,β-unsaturated/α-hetero) is 1. The minimum atomic E-state index is -0.00606. The summed E-state index contributed by atoms with van der Waals surface area (Å²) in [5.74, 6) is -0.00802. The summed E-state index contributed by atoms with van der Waals surface area (Å²) in [4.78, 5) is 22.9. The standard InChI is InChI=1S/C15H22N2O2/c1-12(18)13-7-6-8-14(11-13)17-15(19)9-4-2-3-5-10-16/h6-8,11H,2-5,9-10,16H2,1H3,(H,17,19). The van der Waals surface area contributed by atoms with E-state index in [0.717, 1.165) is 25.7 Å². The molecule has 1 amide bonds. The lowest BCUT2D eigenvalue weighted by Gasteiger charge is -2.06. The van der Waals surface area contributed by atoms with Crippen molar-refractivity contribution in [2.75, 3.05) is 11.9 Å². The molecule has 0 bridgehead atoms. The third-order valence-corrected chi connectivity index (χ3v) is 2.91. The molecule has 104 valence electrons. The van der Waals surface area contributed by atoms with Crippen molar-refractivity contribution in [3.63, 3.8) is 0 Å². The van der Waals surface area contributed by atoms with Crippen molar-refractivity contribution >= 4 is 17.4 Å². The van der Waals surface area contributed by atoms with E-state index in [2.05, 4.69) is 5.32 Å². The number of nitrogens with one attached hydrogen (secondary N) is 1. The van der Waals surface area contributed by atoms with Crippen LogP contribution in [-0.2, 0) is 4.79 Å². The molecule has 1 rings (SSSR count). The highest BCUT2D eigenvalue weighted by Gasteiger charge is 2.04. The molecule has 3 N–H and O–H groups in total. The predicted octanol–water partition coefficient (Wildman–Crippen LogP) is 2.74. The quantitative estimate of drug-likeness (QED) is 0.559. The van der Waals surface area contributed by atoms with Crippen LogP contribution in [-0.4, -0.2) is 18.2 Å². The van der Waals surface area contributed by atoms with Crippen molar-refractivity contribution in [2.45, 2.75) is 39.0 Å². The number of rotatable bonds is 8. The summed E-state index contributed by atoms with van der Waals surface area (Å²) in [5, 5.41) is 2.81. The van der Waals surface area contributed by atoms with Crippen molar-refractivity contribution < 1.29 is 9.59 Å². The first-order valence-electron chi connectivity index (χ1n) is 6.74. The summed E-state index contributed by atoms with van der Waals surface area (Å²) in [6.07, 6.45) is 4.50. The van der Waals surface area contributed by atoms with Gasteiger partial charge in [0.2, 0.25) is 5.91 Å². The Balaban J connectivity index is 2.35. The fraction of sp³-hybridized carbons (Fsp3) is 0.467. The summed E-state index contributed by atoms with van der Waals surface area (Å²) in [6.45, 7) is 2.22. The number of benzene rings is 1. The average Bonchev–Trinajstić information content (AvgIpc) is 2.38. The molecule has 1 aromatic carbocycles. The molecule has 0 aliphatic carbocycles. The van der Waals surface area contributed by atoms with Gasteiger partial charge in [-0.15, -0.1) is 0 Å². The van der Waals surface area contributed by atoms with Gasteiger partial charge < -0.3 is 11.1 Å². The van der Waals surface area contributed by atoms with Crippen LogP contribution < -0.4 is 11.1 Å². The number of anilines is 1. The fourth-order valence-electron chi connectivity index (χ4n) is 1.82. The van der Waals surface area contributed by atoms with Gasteiger partial charge in [0.05, 0.1) is 0 Å². The summed E-state index contributed by atoms with van der Waals surface area (Å²) < 4.78 is 0. The molecular weight excluding hydrogens is 240 g/mol. The highest BCUT2D eigenvalue weighted by molar-refractivity contribution is 5.97. The zero-order chi connectivity index (χ0) is 14.1. The molecule has 0 aromatic heterocycles. The molecule has 0 saturated heterocycles. The SMILES string of the molecule is CC(=O)c1cccc(NC(=O)CCCCCCN)c1. The molecule has 0 heterocycles. The number of carbonyl (C=O) groups is 2. The Labute approximate surface area is 114 Å². The molecule has 0 aliphatic heterocycles. The van der Waals surface area contributed by atoms with E-state index in [1.807, 2.05) is 0 Å². The fourth-order valence-corrected chi connectivity index (χ4v) is 1.82. The minimum Gasteiger partial charge on any atom is -0.330 e. The molecule has 0 aliphatic rings. The Morgan fingerprint density at radius 1 is 1.16 bits per heavy atom. The van der Waals surface area contributed by atoms with Crippen LogP contribution in [0.5, 0.6) is 0 Å². The van der Waals surface area contributed by atoms with E-state index < -0.39 is 0 Å². The smallest absolute Gasteiger partial charge is 0.224 e. The molecule has 0 unspecified atom stereocenters. The van der Waals surface area contributed by atoms with Gasteiger partial charge in [0, 0.05) is 17.7 Å². The van der Waals surface area contributed by atoms with Gasteiger partial charge in [-0.3, -0.25) is 9.59 Å². The molecular formula is C15H22N2O2. The average molecular weight is 262 g/mol. The van der Waals surface area contributed by atoms with Gasteiger partial charge in [-0.1, -0.05) is 25.0 Å². The van der Waals surface area contributed by atoms with Crippen molar-refractivity contribution in [3.05, 3.63) is 29.8 Å². The van der Waals surface area contributed by atoms with Gasteiger partial charge in [0.1, 0.15) is 0 Å². The Hall–Kier alpha value is -1.68. The van der Waals surface area contributed by atoms with Gasteiger partial charge in [-0.2, -0.15) is 0 Å². The van der Waals surface area contributed by atoms with Gasteiger partial charge in [0.15, 0.2) is 5.78 Å². The monoisotopic (exact) mass is 262 g/mol. The Morgan fingerprint density at radius 2 is 1.89 bits per heavy atom. The van der Waals surface area contributed by atoms with E-state index in [-0.39, 0.29) is 11.7 Å². The third-order valence-electron chi connectivity index (χ3n) is 2.91. The summed E-state index contributed by atoms with van der Waals surface area (Å²) in [7, 11) is 0. The van der Waals surface area contributed by atoms with Crippen LogP contribution in [0.4, 0.5) is 5.69 Å². The molecule has 0 saturated carbocycles. The van der Waals surface area contributed by atoms with E-state index in [0.29, 0.717) is 24.2 Å². The third kappa shape index (κ3) is 6.15. The van der Waals surface area contributed by atoms with Gasteiger partial charge in [0.25, 0.3) is 0 Å². The van der Waals surface area contributed by atoms with Crippen LogP contribution in [0.25, 0.3) is 0 Å². The summed E-state index contributed by atoms with van der Waals surface area (Å²) >= 11 is 0. The largest absolute Gasteiger partial charge is 0.330 e. The maximum atomic E-state index is 11.7. The number of hydrogen-bond donors (Lipinski definition) is 2. The second-order valence-corrected chi connectivity index (χ2v) is 4.64. The van der Waals surface area contributed by atoms with Crippen LogP contribution in [0.15, 0.2) is 24.3 Å². The lowest BCUT2D eigenvalue weighted by molar-refractivity contribution is -0.116. The normalized spacial score (nSPS) is 10.2. The lowest BCUT2D eigenvalue weighted by Crippen LogP contribution is -2.11. The minimum absolute atomic E-state index is 0.00196. The second kappa shape index (κ2) is 8.43. The molecule has 0 spiro atoms. The molecule has 0 atom stereocenters. The number of nitrogens with two attached hydrogens (primary N) is 1. The van der Waals surface area contributed by atoms with Crippen LogP contribution in [0.1, 0.15) is 49.4 Å². The first-order valence-corrected chi connectivity index (χ1v) is 6.74. The van der Waals surface area contributed by atoms with Gasteiger partial charge in [-0.05, 0) is 38.4 Å². The zero-order valence-electron chi connectivity index (χ0n) is 11.4. The highest BCUT2D eigenvalue weighted by Crippen LogP contribution is 2.12. The molecule has 0 radical (unpaired) electrons.